The van der Waals surface area contributed by atoms with E-state index in [4.69, 9.17) is 5.73 Å². The Morgan fingerprint density at radius 1 is 1.10 bits per heavy atom. The number of phenolic OH excluding ortho intramolecular Hbond substituents is 1. The molecule has 0 fully saturated rings. The van der Waals surface area contributed by atoms with E-state index in [0.29, 0.717) is 17.9 Å². The first-order valence-corrected chi connectivity index (χ1v) is 10.3. The van der Waals surface area contributed by atoms with E-state index in [-0.39, 0.29) is 11.8 Å². The van der Waals surface area contributed by atoms with Gasteiger partial charge in [-0.25, -0.2) is 14.6 Å². The van der Waals surface area contributed by atoms with Gasteiger partial charge in [0, 0.05) is 37.6 Å². The highest BCUT2D eigenvalue weighted by atomic mass is 16.3. The van der Waals surface area contributed by atoms with Crippen LogP contribution >= 0.6 is 0 Å². The van der Waals surface area contributed by atoms with Crippen LogP contribution in [0.1, 0.15) is 13.3 Å². The Morgan fingerprint density at radius 2 is 1.90 bits per heavy atom. The molecular formula is C24H26N6O. The molecule has 1 atom stereocenters. The SMILES string of the molecule is CC[C@H](N)CN(C)c1ccnc(-c2cc(-c3cnn(-c4ccccc4)c3)ccc2O)n1. The van der Waals surface area contributed by atoms with Crippen LogP contribution in [0.3, 0.4) is 0 Å². The van der Waals surface area contributed by atoms with E-state index in [1.165, 1.54) is 0 Å². The van der Waals surface area contributed by atoms with E-state index in [1.807, 2.05) is 71.4 Å². The Kier molecular flexibility index (Phi) is 5.95. The molecule has 0 saturated heterocycles. The zero-order valence-corrected chi connectivity index (χ0v) is 17.7. The van der Waals surface area contributed by atoms with Gasteiger partial charge in [0.2, 0.25) is 0 Å². The number of hydrogen-bond acceptors (Lipinski definition) is 6. The molecule has 0 radical (unpaired) electrons. The topological polar surface area (TPSA) is 93.1 Å². The summed E-state index contributed by atoms with van der Waals surface area (Å²) in [4.78, 5) is 11.1. The Balaban J connectivity index is 1.65. The quantitative estimate of drug-likeness (QED) is 0.477. The van der Waals surface area contributed by atoms with Crippen LogP contribution in [0.25, 0.3) is 28.2 Å². The molecule has 4 rings (SSSR count). The minimum atomic E-state index is 0.0706. The van der Waals surface area contributed by atoms with Gasteiger partial charge in [-0.1, -0.05) is 31.2 Å². The number of nitrogens with two attached hydrogens (primary N) is 1. The van der Waals surface area contributed by atoms with Gasteiger partial charge in [0.05, 0.1) is 17.4 Å². The predicted octanol–water partition coefficient (Wildman–Crippen LogP) is 3.88. The first-order valence-electron chi connectivity index (χ1n) is 10.3. The summed E-state index contributed by atoms with van der Waals surface area (Å²) < 4.78 is 1.82. The number of likely N-dealkylation sites (N-methyl/N-ethyl adjacent to an activating group) is 1. The zero-order chi connectivity index (χ0) is 21.8. The number of hydrogen-bond donors (Lipinski definition) is 2. The number of anilines is 1. The number of phenols is 1. The lowest BCUT2D eigenvalue weighted by molar-refractivity contribution is 0.477. The van der Waals surface area contributed by atoms with Gasteiger partial charge >= 0.3 is 0 Å². The van der Waals surface area contributed by atoms with Crippen LogP contribution in [-0.2, 0) is 0 Å². The van der Waals surface area contributed by atoms with Gasteiger partial charge in [-0.05, 0) is 42.3 Å². The molecule has 4 aromatic rings. The molecule has 0 bridgehead atoms. The van der Waals surface area contributed by atoms with Crippen LogP contribution in [0.2, 0.25) is 0 Å². The maximum atomic E-state index is 10.5. The average Bonchev–Trinajstić information content (AvgIpc) is 3.30. The molecule has 7 nitrogen and oxygen atoms in total. The second-order valence-corrected chi connectivity index (χ2v) is 7.53. The zero-order valence-electron chi connectivity index (χ0n) is 17.7. The summed E-state index contributed by atoms with van der Waals surface area (Å²) in [5, 5.41) is 15.0. The minimum Gasteiger partial charge on any atom is -0.507 e. The van der Waals surface area contributed by atoms with Crippen molar-refractivity contribution in [2.24, 2.45) is 5.73 Å². The Hall–Kier alpha value is -3.71. The molecule has 0 amide bonds. The van der Waals surface area contributed by atoms with Crippen molar-refractivity contribution in [2.75, 3.05) is 18.5 Å². The van der Waals surface area contributed by atoms with Crippen LogP contribution < -0.4 is 10.6 Å². The molecule has 0 unspecified atom stereocenters. The van der Waals surface area contributed by atoms with Crippen LogP contribution in [0, 0.1) is 0 Å². The monoisotopic (exact) mass is 414 g/mol. The first kappa shape index (κ1) is 20.6. The summed E-state index contributed by atoms with van der Waals surface area (Å²) in [5.41, 5.74) is 9.49. The number of para-hydroxylation sites is 1. The molecule has 7 heteroatoms. The third kappa shape index (κ3) is 4.57. The van der Waals surface area contributed by atoms with Gasteiger partial charge in [-0.2, -0.15) is 5.10 Å². The molecule has 2 aromatic heterocycles. The lowest BCUT2D eigenvalue weighted by Gasteiger charge is -2.22. The Bertz CT molecular complexity index is 1160. The summed E-state index contributed by atoms with van der Waals surface area (Å²) in [6.07, 6.45) is 6.36. The van der Waals surface area contributed by atoms with Crippen LogP contribution in [-0.4, -0.2) is 44.5 Å². The fraction of sp³-hybridized carbons (Fsp3) is 0.208. The average molecular weight is 415 g/mol. The van der Waals surface area contributed by atoms with Crippen LogP contribution in [0.5, 0.6) is 5.75 Å². The largest absolute Gasteiger partial charge is 0.507 e. The fourth-order valence-corrected chi connectivity index (χ4v) is 3.35. The second kappa shape index (κ2) is 8.97. The third-order valence-electron chi connectivity index (χ3n) is 5.24. The molecule has 2 aromatic carbocycles. The normalized spacial score (nSPS) is 12.0. The summed E-state index contributed by atoms with van der Waals surface area (Å²) in [5.74, 6) is 1.35. The number of nitrogens with zero attached hydrogens (tertiary/aromatic N) is 5. The molecular weight excluding hydrogens is 388 g/mol. The van der Waals surface area contributed by atoms with E-state index >= 15 is 0 Å². The van der Waals surface area contributed by atoms with Crippen molar-refractivity contribution in [2.45, 2.75) is 19.4 Å². The van der Waals surface area contributed by atoms with Gasteiger partial charge in [-0.15, -0.1) is 0 Å². The molecule has 3 N–H and O–H groups in total. The van der Waals surface area contributed by atoms with E-state index in [0.717, 1.165) is 29.1 Å². The number of aromatic hydroxyl groups is 1. The van der Waals surface area contributed by atoms with Crippen LogP contribution in [0.4, 0.5) is 5.82 Å². The summed E-state index contributed by atoms with van der Waals surface area (Å²) in [7, 11) is 1.95. The van der Waals surface area contributed by atoms with E-state index in [2.05, 4.69) is 22.0 Å². The first-order chi connectivity index (χ1) is 15.0. The lowest BCUT2D eigenvalue weighted by Crippen LogP contribution is -2.35. The van der Waals surface area contributed by atoms with Crippen molar-refractivity contribution < 1.29 is 5.11 Å². The highest BCUT2D eigenvalue weighted by molar-refractivity contribution is 5.74. The highest BCUT2D eigenvalue weighted by Crippen LogP contribution is 2.32. The fourth-order valence-electron chi connectivity index (χ4n) is 3.35. The minimum absolute atomic E-state index is 0.0706. The van der Waals surface area contributed by atoms with Crippen molar-refractivity contribution in [1.82, 2.24) is 19.7 Å². The molecule has 0 spiro atoms. The van der Waals surface area contributed by atoms with E-state index < -0.39 is 0 Å². The molecule has 158 valence electrons. The summed E-state index contributed by atoms with van der Waals surface area (Å²) in [6, 6.07) is 17.3. The molecule has 0 saturated carbocycles. The molecule has 0 aliphatic heterocycles. The second-order valence-electron chi connectivity index (χ2n) is 7.53. The maximum Gasteiger partial charge on any atom is 0.165 e. The van der Waals surface area contributed by atoms with Crippen molar-refractivity contribution in [1.29, 1.82) is 0 Å². The summed E-state index contributed by atoms with van der Waals surface area (Å²) >= 11 is 0. The third-order valence-corrected chi connectivity index (χ3v) is 5.24. The van der Waals surface area contributed by atoms with Gasteiger partial charge in [0.1, 0.15) is 11.6 Å². The number of rotatable bonds is 7. The smallest absolute Gasteiger partial charge is 0.165 e. The predicted molar refractivity (Wildman–Crippen MR) is 123 cm³/mol. The number of benzene rings is 2. The van der Waals surface area contributed by atoms with Crippen LogP contribution in [0.15, 0.2) is 73.2 Å². The van der Waals surface area contributed by atoms with Crippen molar-refractivity contribution in [3.8, 4) is 34.0 Å². The number of aromatic nitrogens is 4. The van der Waals surface area contributed by atoms with Crippen molar-refractivity contribution >= 4 is 5.82 Å². The molecule has 0 aliphatic carbocycles. The standard InChI is InChI=1S/C24H26N6O/c1-3-19(25)16-29(2)23-11-12-26-24(28-23)21-13-17(9-10-22(21)31)18-14-27-30(15-18)20-7-5-4-6-8-20/h4-15,19,31H,3,16,25H2,1-2H3/t19-/m0/s1. The Labute approximate surface area is 181 Å². The van der Waals surface area contributed by atoms with Gasteiger partial charge in [0.15, 0.2) is 5.82 Å². The Morgan fingerprint density at radius 3 is 2.68 bits per heavy atom. The van der Waals surface area contributed by atoms with Gasteiger partial charge in [0.25, 0.3) is 0 Å². The molecule has 2 heterocycles. The maximum absolute atomic E-state index is 10.5. The summed E-state index contributed by atoms with van der Waals surface area (Å²) in [6.45, 7) is 2.75. The van der Waals surface area contributed by atoms with Gasteiger partial charge in [-0.3, -0.25) is 0 Å². The van der Waals surface area contributed by atoms with Gasteiger partial charge < -0.3 is 15.7 Å². The highest BCUT2D eigenvalue weighted by Gasteiger charge is 2.14. The van der Waals surface area contributed by atoms with Crippen molar-refractivity contribution in [3.63, 3.8) is 0 Å². The molecule has 0 aliphatic rings. The lowest BCUT2D eigenvalue weighted by atomic mass is 10.0. The van der Waals surface area contributed by atoms with E-state index in [9.17, 15) is 5.11 Å². The van der Waals surface area contributed by atoms with E-state index in [1.54, 1.807) is 18.5 Å². The van der Waals surface area contributed by atoms with Crippen molar-refractivity contribution in [3.05, 3.63) is 73.2 Å². The molecule has 31 heavy (non-hydrogen) atoms.